The molecule has 3 aromatic heterocycles. The molecule has 3 heterocycles. The molecule has 0 fully saturated rings. The molecular formula is C18H15FN8O. The van der Waals surface area contributed by atoms with E-state index in [0.717, 1.165) is 5.56 Å². The zero-order valence-electron chi connectivity index (χ0n) is 14.7. The number of pyridine rings is 1. The highest BCUT2D eigenvalue weighted by Crippen LogP contribution is 2.20. The number of carbonyl (C=O) groups excluding carboxylic acids is 1. The highest BCUT2D eigenvalue weighted by Gasteiger charge is 2.12. The quantitative estimate of drug-likeness (QED) is 0.504. The first-order valence-corrected chi connectivity index (χ1v) is 8.27. The second-order valence-electron chi connectivity index (χ2n) is 6.02. The van der Waals surface area contributed by atoms with E-state index in [2.05, 4.69) is 30.8 Å². The summed E-state index contributed by atoms with van der Waals surface area (Å²) in [5, 5.41) is 12.8. The summed E-state index contributed by atoms with van der Waals surface area (Å²) in [7, 11) is 0. The lowest BCUT2D eigenvalue weighted by molar-refractivity contribution is 0.262. The standard InChI is InChI=1S/C18H15FN8O/c1-10-5-6-12(19)13(7-10)24-18(28)23-11-8-21-16(22-9-11)14-3-2-4-15-25-26-17(20)27(14)15/h2-9H,1H3,(H2,20,26)(H2,23,24,28). The van der Waals surface area contributed by atoms with Crippen molar-refractivity contribution in [2.75, 3.05) is 16.4 Å². The van der Waals surface area contributed by atoms with Gasteiger partial charge in [0.2, 0.25) is 5.95 Å². The number of nitrogens with one attached hydrogen (secondary N) is 2. The number of benzene rings is 1. The fourth-order valence-electron chi connectivity index (χ4n) is 2.68. The number of fused-ring (bicyclic) bond motifs is 1. The molecule has 0 unspecified atom stereocenters. The number of hydrogen-bond acceptors (Lipinski definition) is 6. The number of hydrogen-bond donors (Lipinski definition) is 3. The number of aromatic nitrogens is 5. The normalized spacial score (nSPS) is 10.8. The van der Waals surface area contributed by atoms with Crippen LogP contribution in [0.5, 0.6) is 0 Å². The monoisotopic (exact) mass is 378 g/mol. The van der Waals surface area contributed by atoms with Gasteiger partial charge in [0.05, 0.1) is 29.5 Å². The molecule has 1 aromatic carbocycles. The topological polar surface area (TPSA) is 123 Å². The molecule has 0 saturated heterocycles. The van der Waals surface area contributed by atoms with Crippen molar-refractivity contribution in [3.8, 4) is 11.5 Å². The maximum Gasteiger partial charge on any atom is 0.323 e. The van der Waals surface area contributed by atoms with Gasteiger partial charge in [0.15, 0.2) is 11.5 Å². The molecule has 4 rings (SSSR count). The van der Waals surface area contributed by atoms with E-state index < -0.39 is 11.8 Å². The van der Waals surface area contributed by atoms with Gasteiger partial charge >= 0.3 is 6.03 Å². The first kappa shape index (κ1) is 17.3. The zero-order chi connectivity index (χ0) is 19.7. The number of urea groups is 1. The largest absolute Gasteiger partial charge is 0.368 e. The average Bonchev–Trinajstić information content (AvgIpc) is 3.07. The number of rotatable bonds is 3. The van der Waals surface area contributed by atoms with Gasteiger partial charge in [0.1, 0.15) is 5.82 Å². The minimum atomic E-state index is -0.606. The van der Waals surface area contributed by atoms with Crippen molar-refractivity contribution in [1.29, 1.82) is 0 Å². The second kappa shape index (κ2) is 6.91. The summed E-state index contributed by atoms with van der Waals surface area (Å²) in [6, 6.07) is 9.18. The van der Waals surface area contributed by atoms with Gasteiger partial charge < -0.3 is 16.4 Å². The maximum absolute atomic E-state index is 13.8. The Labute approximate surface area is 158 Å². The second-order valence-corrected chi connectivity index (χ2v) is 6.02. The summed E-state index contributed by atoms with van der Waals surface area (Å²) >= 11 is 0. The summed E-state index contributed by atoms with van der Waals surface area (Å²) in [4.78, 5) is 20.6. The van der Waals surface area contributed by atoms with E-state index in [-0.39, 0.29) is 11.6 Å². The van der Waals surface area contributed by atoms with Crippen molar-refractivity contribution in [2.24, 2.45) is 0 Å². The Hall–Kier alpha value is -4.08. The lowest BCUT2D eigenvalue weighted by Gasteiger charge is -2.09. The van der Waals surface area contributed by atoms with E-state index in [4.69, 9.17) is 5.73 Å². The highest BCUT2D eigenvalue weighted by molar-refractivity contribution is 5.99. The third-order valence-electron chi connectivity index (χ3n) is 3.96. The van der Waals surface area contributed by atoms with E-state index in [9.17, 15) is 9.18 Å². The van der Waals surface area contributed by atoms with Crippen molar-refractivity contribution >= 4 is 29.0 Å². The number of nitrogens with two attached hydrogens (primary N) is 1. The molecular weight excluding hydrogens is 363 g/mol. The molecule has 10 heteroatoms. The fourth-order valence-corrected chi connectivity index (χ4v) is 2.68. The minimum absolute atomic E-state index is 0.0878. The number of halogens is 1. The Bertz CT molecular complexity index is 1170. The van der Waals surface area contributed by atoms with E-state index in [1.807, 2.05) is 0 Å². The van der Waals surface area contributed by atoms with Crippen LogP contribution in [0.2, 0.25) is 0 Å². The molecule has 9 nitrogen and oxygen atoms in total. The summed E-state index contributed by atoms with van der Waals surface area (Å²) < 4.78 is 15.4. The van der Waals surface area contributed by atoms with Crippen LogP contribution < -0.4 is 16.4 Å². The lowest BCUT2D eigenvalue weighted by atomic mass is 10.2. The molecule has 28 heavy (non-hydrogen) atoms. The molecule has 140 valence electrons. The fraction of sp³-hybridized carbons (Fsp3) is 0.0556. The Kier molecular flexibility index (Phi) is 4.28. The van der Waals surface area contributed by atoms with Crippen molar-refractivity contribution in [3.05, 3.63) is 60.2 Å². The Balaban J connectivity index is 1.52. The van der Waals surface area contributed by atoms with Crippen molar-refractivity contribution in [1.82, 2.24) is 24.6 Å². The molecule has 4 aromatic rings. The Morgan fingerprint density at radius 2 is 1.89 bits per heavy atom. The first-order valence-electron chi connectivity index (χ1n) is 8.27. The van der Waals surface area contributed by atoms with Crippen LogP contribution in [0, 0.1) is 12.7 Å². The first-order chi connectivity index (χ1) is 13.5. The van der Waals surface area contributed by atoms with Crippen LogP contribution >= 0.6 is 0 Å². The Morgan fingerprint density at radius 3 is 2.68 bits per heavy atom. The van der Waals surface area contributed by atoms with E-state index in [1.165, 1.54) is 18.5 Å². The van der Waals surface area contributed by atoms with Gasteiger partial charge in [-0.15, -0.1) is 10.2 Å². The smallest absolute Gasteiger partial charge is 0.323 e. The number of aryl methyl sites for hydroxylation is 1. The Morgan fingerprint density at radius 1 is 1.11 bits per heavy atom. The van der Waals surface area contributed by atoms with Gasteiger partial charge in [-0.1, -0.05) is 12.1 Å². The number of nitrogens with zero attached hydrogens (tertiary/aromatic N) is 5. The predicted molar refractivity (Wildman–Crippen MR) is 102 cm³/mol. The molecule has 0 aliphatic rings. The predicted octanol–water partition coefficient (Wildman–Crippen LogP) is 2.86. The molecule has 4 N–H and O–H groups in total. The van der Waals surface area contributed by atoms with Gasteiger partial charge in [0.25, 0.3) is 0 Å². The molecule has 0 aliphatic heterocycles. The van der Waals surface area contributed by atoms with Gasteiger partial charge in [-0.25, -0.2) is 19.2 Å². The number of amides is 2. The van der Waals surface area contributed by atoms with Crippen LogP contribution in [-0.4, -0.2) is 30.6 Å². The molecule has 0 bridgehead atoms. The minimum Gasteiger partial charge on any atom is -0.368 e. The highest BCUT2D eigenvalue weighted by atomic mass is 19.1. The van der Waals surface area contributed by atoms with Crippen LogP contribution in [0.15, 0.2) is 48.8 Å². The van der Waals surface area contributed by atoms with Crippen molar-refractivity contribution < 1.29 is 9.18 Å². The number of nitrogen functional groups attached to an aromatic ring is 1. The maximum atomic E-state index is 13.8. The molecule has 0 radical (unpaired) electrons. The number of anilines is 3. The summed E-state index contributed by atoms with van der Waals surface area (Å²) in [5.74, 6) is 0.0794. The molecule has 0 atom stereocenters. The van der Waals surface area contributed by atoms with Crippen LogP contribution in [-0.2, 0) is 0 Å². The lowest BCUT2D eigenvalue weighted by Crippen LogP contribution is -2.20. The van der Waals surface area contributed by atoms with Gasteiger partial charge in [-0.2, -0.15) is 0 Å². The van der Waals surface area contributed by atoms with Gasteiger partial charge in [-0.3, -0.25) is 4.40 Å². The SMILES string of the molecule is Cc1ccc(F)c(NC(=O)Nc2cnc(-c3cccc4nnc(N)n34)nc2)c1. The van der Waals surface area contributed by atoms with Crippen LogP contribution in [0.1, 0.15) is 5.56 Å². The average molecular weight is 378 g/mol. The van der Waals surface area contributed by atoms with Crippen molar-refractivity contribution in [3.63, 3.8) is 0 Å². The van der Waals surface area contributed by atoms with Crippen molar-refractivity contribution in [2.45, 2.75) is 6.92 Å². The van der Waals surface area contributed by atoms with Crippen LogP contribution in [0.25, 0.3) is 17.2 Å². The summed E-state index contributed by atoms with van der Waals surface area (Å²) in [5.41, 5.74) is 8.28. The number of carbonyl (C=O) groups is 1. The third-order valence-corrected chi connectivity index (χ3v) is 3.96. The molecule has 2 amide bonds. The van der Waals surface area contributed by atoms with Crippen LogP contribution in [0.4, 0.5) is 26.5 Å². The third kappa shape index (κ3) is 3.30. The molecule has 0 spiro atoms. The van der Waals surface area contributed by atoms with E-state index in [0.29, 0.717) is 22.9 Å². The molecule has 0 aliphatic carbocycles. The molecule has 0 saturated carbocycles. The van der Waals surface area contributed by atoms with Gasteiger partial charge in [0, 0.05) is 0 Å². The zero-order valence-corrected chi connectivity index (χ0v) is 14.7. The van der Waals surface area contributed by atoms with E-state index in [1.54, 1.807) is 41.7 Å². The summed E-state index contributed by atoms with van der Waals surface area (Å²) in [6.45, 7) is 1.80. The van der Waals surface area contributed by atoms with Crippen LogP contribution in [0.3, 0.4) is 0 Å². The summed E-state index contributed by atoms with van der Waals surface area (Å²) in [6.07, 6.45) is 2.88. The van der Waals surface area contributed by atoms with Gasteiger partial charge in [-0.05, 0) is 36.8 Å². The van der Waals surface area contributed by atoms with E-state index >= 15 is 0 Å².